The number of aromatic carboxylic acids is 1. The van der Waals surface area contributed by atoms with Crippen LogP contribution in [-0.4, -0.2) is 34.1 Å². The summed E-state index contributed by atoms with van der Waals surface area (Å²) in [6.07, 6.45) is 4.50. The molecule has 2 rings (SSSR count). The number of anilines is 1. The van der Waals surface area contributed by atoms with Crippen molar-refractivity contribution in [1.29, 1.82) is 0 Å². The van der Waals surface area contributed by atoms with Gasteiger partial charge in [0.2, 0.25) is 0 Å². The van der Waals surface area contributed by atoms with Crippen molar-refractivity contribution in [3.05, 3.63) is 36.0 Å². The fraction of sp³-hybridized carbons (Fsp3) is 0.333. The molecule has 0 saturated heterocycles. The van der Waals surface area contributed by atoms with Crippen molar-refractivity contribution >= 4 is 34.3 Å². The van der Waals surface area contributed by atoms with Crippen LogP contribution in [0.2, 0.25) is 0 Å². The summed E-state index contributed by atoms with van der Waals surface area (Å²) in [5, 5.41) is 14.2. The number of thioether (sulfide) groups is 1. The van der Waals surface area contributed by atoms with Crippen LogP contribution in [0.15, 0.2) is 30.5 Å². The monoisotopic (exact) mass is 290 g/mol. The molecule has 2 N–H and O–H groups in total. The van der Waals surface area contributed by atoms with Crippen molar-refractivity contribution in [2.45, 2.75) is 19.4 Å². The second-order valence-corrected chi connectivity index (χ2v) is 5.49. The number of benzene rings is 1. The van der Waals surface area contributed by atoms with Gasteiger partial charge in [0.1, 0.15) is 5.82 Å². The van der Waals surface area contributed by atoms with Crippen LogP contribution in [0.25, 0.3) is 10.8 Å². The number of hydrogen-bond acceptors (Lipinski definition) is 4. The molecule has 1 heterocycles. The fourth-order valence-electron chi connectivity index (χ4n) is 2.13. The topological polar surface area (TPSA) is 62.2 Å². The van der Waals surface area contributed by atoms with Gasteiger partial charge in [0.15, 0.2) is 0 Å². The first-order valence-corrected chi connectivity index (χ1v) is 7.93. The molecule has 1 unspecified atom stereocenters. The number of fused-ring (bicyclic) bond motifs is 1. The average molecular weight is 290 g/mol. The summed E-state index contributed by atoms with van der Waals surface area (Å²) < 4.78 is 0. The molecular formula is C15H18N2O2S. The van der Waals surface area contributed by atoms with Crippen LogP contribution in [-0.2, 0) is 0 Å². The second kappa shape index (κ2) is 6.61. The smallest absolute Gasteiger partial charge is 0.337 e. The van der Waals surface area contributed by atoms with Gasteiger partial charge in [0.25, 0.3) is 0 Å². The summed E-state index contributed by atoms with van der Waals surface area (Å²) in [5.74, 6) is 0.801. The minimum Gasteiger partial charge on any atom is -0.478 e. The molecule has 0 bridgehead atoms. The molecule has 1 atom stereocenters. The van der Waals surface area contributed by atoms with Crippen molar-refractivity contribution in [3.63, 3.8) is 0 Å². The van der Waals surface area contributed by atoms with E-state index in [-0.39, 0.29) is 5.56 Å². The zero-order chi connectivity index (χ0) is 14.5. The van der Waals surface area contributed by atoms with E-state index in [0.717, 1.165) is 28.8 Å². The Balaban J connectivity index is 2.45. The molecule has 1 aromatic heterocycles. The summed E-state index contributed by atoms with van der Waals surface area (Å²) in [6, 6.07) is 7.80. The normalized spacial score (nSPS) is 12.3. The van der Waals surface area contributed by atoms with Crippen LogP contribution in [0.3, 0.4) is 0 Å². The molecule has 1 aromatic carbocycles. The maximum absolute atomic E-state index is 11.2. The zero-order valence-corrected chi connectivity index (χ0v) is 12.4. The van der Waals surface area contributed by atoms with Crippen LogP contribution in [0, 0.1) is 0 Å². The van der Waals surface area contributed by atoms with Gasteiger partial charge < -0.3 is 10.4 Å². The molecule has 0 fully saturated rings. The highest BCUT2D eigenvalue weighted by Gasteiger charge is 2.14. The number of nitrogens with zero attached hydrogens (tertiary/aromatic N) is 1. The Hall–Kier alpha value is -1.75. The quantitative estimate of drug-likeness (QED) is 0.852. The van der Waals surface area contributed by atoms with E-state index in [2.05, 4.69) is 23.5 Å². The van der Waals surface area contributed by atoms with Crippen molar-refractivity contribution in [1.82, 2.24) is 4.98 Å². The maximum Gasteiger partial charge on any atom is 0.337 e. The number of nitrogens with one attached hydrogen (secondary N) is 1. The third-order valence-electron chi connectivity index (χ3n) is 3.23. The first-order valence-electron chi connectivity index (χ1n) is 6.53. The Morgan fingerprint density at radius 3 is 2.70 bits per heavy atom. The molecule has 0 saturated carbocycles. The van der Waals surface area contributed by atoms with Crippen molar-refractivity contribution in [3.8, 4) is 0 Å². The lowest BCUT2D eigenvalue weighted by Gasteiger charge is -2.18. The molecule has 2 aromatic rings. The van der Waals surface area contributed by atoms with E-state index in [1.54, 1.807) is 11.8 Å². The van der Waals surface area contributed by atoms with E-state index in [4.69, 9.17) is 0 Å². The van der Waals surface area contributed by atoms with Crippen LogP contribution >= 0.6 is 11.8 Å². The Bertz CT molecular complexity index is 616. The van der Waals surface area contributed by atoms with Gasteiger partial charge >= 0.3 is 5.97 Å². The van der Waals surface area contributed by atoms with Crippen LogP contribution in [0.5, 0.6) is 0 Å². The molecule has 0 aliphatic rings. The highest BCUT2D eigenvalue weighted by molar-refractivity contribution is 7.98. The minimum absolute atomic E-state index is 0.240. The summed E-state index contributed by atoms with van der Waals surface area (Å²) in [4.78, 5) is 15.5. The third kappa shape index (κ3) is 3.04. The Labute approximate surface area is 122 Å². The molecular weight excluding hydrogens is 272 g/mol. The SMILES string of the molecule is CCC(CSC)Nc1ncc(C(=O)O)c2ccccc12. The number of carbonyl (C=O) groups is 1. The van der Waals surface area contributed by atoms with E-state index >= 15 is 0 Å². The van der Waals surface area contributed by atoms with Gasteiger partial charge in [-0.1, -0.05) is 31.2 Å². The molecule has 4 nitrogen and oxygen atoms in total. The summed E-state index contributed by atoms with van der Waals surface area (Å²) in [7, 11) is 0. The molecule has 106 valence electrons. The van der Waals surface area contributed by atoms with Crippen molar-refractivity contribution in [2.75, 3.05) is 17.3 Å². The average Bonchev–Trinajstić information content (AvgIpc) is 2.46. The van der Waals surface area contributed by atoms with Gasteiger partial charge in [-0.15, -0.1) is 0 Å². The van der Waals surface area contributed by atoms with Gasteiger partial charge in [0, 0.05) is 28.8 Å². The molecule has 20 heavy (non-hydrogen) atoms. The molecule has 0 aliphatic carbocycles. The first-order chi connectivity index (χ1) is 9.67. The molecule has 0 spiro atoms. The van der Waals surface area contributed by atoms with Gasteiger partial charge in [-0.25, -0.2) is 9.78 Å². The van der Waals surface area contributed by atoms with Crippen LogP contribution in [0.4, 0.5) is 5.82 Å². The lowest BCUT2D eigenvalue weighted by molar-refractivity contribution is 0.0698. The fourth-order valence-corrected chi connectivity index (χ4v) is 2.86. The summed E-state index contributed by atoms with van der Waals surface area (Å²) in [5.41, 5.74) is 0.240. The van der Waals surface area contributed by atoms with Gasteiger partial charge in [-0.3, -0.25) is 0 Å². The minimum atomic E-state index is -0.948. The second-order valence-electron chi connectivity index (χ2n) is 4.58. The number of carboxylic acids is 1. The lowest BCUT2D eigenvalue weighted by Crippen LogP contribution is -2.22. The number of hydrogen-bond donors (Lipinski definition) is 2. The number of rotatable bonds is 6. The maximum atomic E-state index is 11.2. The van der Waals surface area contributed by atoms with Crippen LogP contribution < -0.4 is 5.32 Å². The lowest BCUT2D eigenvalue weighted by atomic mass is 10.1. The van der Waals surface area contributed by atoms with Gasteiger partial charge in [-0.05, 0) is 12.7 Å². The van der Waals surface area contributed by atoms with E-state index in [1.807, 2.05) is 24.3 Å². The molecule has 5 heteroatoms. The molecule has 0 radical (unpaired) electrons. The Morgan fingerprint density at radius 2 is 2.10 bits per heavy atom. The largest absolute Gasteiger partial charge is 0.478 e. The third-order valence-corrected chi connectivity index (χ3v) is 3.96. The standard InChI is InChI=1S/C15H18N2O2S/c1-3-10(9-20-2)17-14-12-7-5-4-6-11(12)13(8-16-14)15(18)19/h4-8,10H,3,9H2,1-2H3,(H,16,17)(H,18,19). The van der Waals surface area contributed by atoms with E-state index in [0.29, 0.717) is 6.04 Å². The predicted molar refractivity (Wildman–Crippen MR) is 84.8 cm³/mol. The highest BCUT2D eigenvalue weighted by atomic mass is 32.2. The summed E-state index contributed by atoms with van der Waals surface area (Å²) in [6.45, 7) is 2.13. The van der Waals surface area contributed by atoms with E-state index < -0.39 is 5.97 Å². The first kappa shape index (κ1) is 14.7. The molecule has 0 aliphatic heterocycles. The van der Waals surface area contributed by atoms with Crippen LogP contribution in [0.1, 0.15) is 23.7 Å². The highest BCUT2D eigenvalue weighted by Crippen LogP contribution is 2.25. The molecule has 0 amide bonds. The predicted octanol–water partition coefficient (Wildman–Crippen LogP) is 3.49. The van der Waals surface area contributed by atoms with E-state index in [1.165, 1.54) is 6.20 Å². The Kier molecular flexibility index (Phi) is 4.84. The van der Waals surface area contributed by atoms with Crippen molar-refractivity contribution < 1.29 is 9.90 Å². The van der Waals surface area contributed by atoms with E-state index in [9.17, 15) is 9.90 Å². The Morgan fingerprint density at radius 1 is 1.40 bits per heavy atom. The number of pyridine rings is 1. The number of aromatic nitrogens is 1. The summed E-state index contributed by atoms with van der Waals surface area (Å²) >= 11 is 1.78. The zero-order valence-electron chi connectivity index (χ0n) is 11.6. The van der Waals surface area contributed by atoms with Crippen molar-refractivity contribution in [2.24, 2.45) is 0 Å². The number of carboxylic acid groups (broad SMARTS) is 1. The van der Waals surface area contributed by atoms with Gasteiger partial charge in [-0.2, -0.15) is 11.8 Å². The van der Waals surface area contributed by atoms with Gasteiger partial charge in [0.05, 0.1) is 5.56 Å².